The van der Waals surface area contributed by atoms with Gasteiger partial charge in [-0.2, -0.15) is 0 Å². The Morgan fingerprint density at radius 1 is 0.636 bits per heavy atom. The molecule has 0 aromatic heterocycles. The number of benzene rings is 3. The maximum absolute atomic E-state index is 13.2. The summed E-state index contributed by atoms with van der Waals surface area (Å²) in [7, 11) is -0.872. The number of hydrogen-bond acceptors (Lipinski definition) is 0. The molecule has 0 radical (unpaired) electrons. The minimum atomic E-state index is -0.872. The van der Waals surface area contributed by atoms with Gasteiger partial charge in [0, 0.05) is 4.47 Å². The number of halogens is 3. The summed E-state index contributed by atoms with van der Waals surface area (Å²) in [6, 6.07) is 21.0. The smallest absolute Gasteiger partial charge is 0.123 e. The second kappa shape index (κ2) is 6.68. The Hall–Kier alpha value is -1.57. The second-order valence-corrected chi connectivity index (χ2v) is 7.78. The predicted molar refractivity (Wildman–Crippen MR) is 92.8 cm³/mol. The summed E-state index contributed by atoms with van der Waals surface area (Å²) in [5.74, 6) is -0.519. The van der Waals surface area contributed by atoms with E-state index in [1.807, 2.05) is 24.3 Å². The number of hydrogen-bond donors (Lipinski definition) is 0. The van der Waals surface area contributed by atoms with E-state index in [0.29, 0.717) is 0 Å². The van der Waals surface area contributed by atoms with Gasteiger partial charge in [-0.25, -0.2) is 8.78 Å². The Morgan fingerprint density at radius 2 is 1.09 bits per heavy atom. The van der Waals surface area contributed by atoms with Gasteiger partial charge in [0.2, 0.25) is 0 Å². The fourth-order valence-corrected chi connectivity index (χ4v) is 5.33. The van der Waals surface area contributed by atoms with E-state index < -0.39 is 7.92 Å². The molecular formula is C18H12BrF2P. The molecule has 0 aliphatic carbocycles. The Kier molecular flexibility index (Phi) is 4.66. The monoisotopic (exact) mass is 376 g/mol. The highest BCUT2D eigenvalue weighted by Gasteiger charge is 2.18. The third-order valence-electron chi connectivity index (χ3n) is 3.26. The lowest BCUT2D eigenvalue weighted by molar-refractivity contribution is 0.628. The first-order chi connectivity index (χ1) is 10.6. The minimum Gasteiger partial charge on any atom is -0.207 e. The quantitative estimate of drug-likeness (QED) is 0.591. The van der Waals surface area contributed by atoms with Crippen molar-refractivity contribution >= 4 is 39.8 Å². The maximum atomic E-state index is 13.2. The topological polar surface area (TPSA) is 0 Å². The van der Waals surface area contributed by atoms with Crippen LogP contribution in [0, 0.1) is 11.6 Å². The van der Waals surface area contributed by atoms with Gasteiger partial charge < -0.3 is 0 Å². The summed E-state index contributed by atoms with van der Waals surface area (Å²) in [6.45, 7) is 0. The van der Waals surface area contributed by atoms with E-state index in [1.54, 1.807) is 24.3 Å². The first-order valence-electron chi connectivity index (χ1n) is 6.71. The molecule has 3 aromatic carbocycles. The zero-order valence-electron chi connectivity index (χ0n) is 11.5. The molecule has 0 heterocycles. The normalized spacial score (nSPS) is 10.9. The Balaban J connectivity index is 2.16. The maximum Gasteiger partial charge on any atom is 0.123 e. The third kappa shape index (κ3) is 3.26. The predicted octanol–water partition coefficient (Wildman–Crippen LogP) is 4.49. The molecule has 0 aliphatic rings. The van der Waals surface area contributed by atoms with Crippen molar-refractivity contribution in [2.45, 2.75) is 0 Å². The van der Waals surface area contributed by atoms with Gasteiger partial charge >= 0.3 is 0 Å². The van der Waals surface area contributed by atoms with Crippen molar-refractivity contribution in [1.29, 1.82) is 0 Å². The summed E-state index contributed by atoms with van der Waals surface area (Å²) < 4.78 is 27.5. The summed E-state index contributed by atoms with van der Waals surface area (Å²) in [4.78, 5) is 0. The van der Waals surface area contributed by atoms with Crippen LogP contribution in [0.1, 0.15) is 0 Å². The Morgan fingerprint density at radius 3 is 1.55 bits per heavy atom. The van der Waals surface area contributed by atoms with E-state index in [4.69, 9.17) is 0 Å². The highest BCUT2D eigenvalue weighted by Crippen LogP contribution is 2.35. The third-order valence-corrected chi connectivity index (χ3v) is 6.76. The summed E-state index contributed by atoms with van der Waals surface area (Å²) >= 11 is 3.59. The average Bonchev–Trinajstić information content (AvgIpc) is 2.53. The fraction of sp³-hybridized carbons (Fsp3) is 0. The second-order valence-electron chi connectivity index (χ2n) is 4.74. The zero-order valence-corrected chi connectivity index (χ0v) is 14.0. The van der Waals surface area contributed by atoms with Gasteiger partial charge in [-0.05, 0) is 54.2 Å². The molecule has 0 N–H and O–H groups in total. The van der Waals surface area contributed by atoms with E-state index in [9.17, 15) is 8.78 Å². The Bertz CT molecular complexity index is 724. The van der Waals surface area contributed by atoms with Crippen LogP contribution in [0.15, 0.2) is 77.3 Å². The van der Waals surface area contributed by atoms with E-state index in [1.165, 1.54) is 24.3 Å². The van der Waals surface area contributed by atoms with Crippen molar-refractivity contribution in [3.05, 3.63) is 88.9 Å². The van der Waals surface area contributed by atoms with E-state index in [0.717, 1.165) is 20.4 Å². The lowest BCUT2D eigenvalue weighted by Gasteiger charge is -2.20. The molecule has 0 spiro atoms. The van der Waals surface area contributed by atoms with E-state index in [-0.39, 0.29) is 11.6 Å². The van der Waals surface area contributed by atoms with Crippen molar-refractivity contribution in [3.63, 3.8) is 0 Å². The van der Waals surface area contributed by atoms with Gasteiger partial charge in [-0.3, -0.25) is 0 Å². The van der Waals surface area contributed by atoms with Crippen LogP contribution in [0.25, 0.3) is 0 Å². The van der Waals surface area contributed by atoms with Crippen molar-refractivity contribution < 1.29 is 8.78 Å². The molecule has 0 aliphatic heterocycles. The Labute approximate surface area is 137 Å². The number of rotatable bonds is 3. The van der Waals surface area contributed by atoms with Crippen molar-refractivity contribution in [3.8, 4) is 0 Å². The molecule has 110 valence electrons. The first-order valence-corrected chi connectivity index (χ1v) is 8.84. The minimum absolute atomic E-state index is 0.259. The molecule has 3 rings (SSSR count). The van der Waals surface area contributed by atoms with E-state index in [2.05, 4.69) is 15.9 Å². The van der Waals surface area contributed by atoms with Crippen LogP contribution in [0.3, 0.4) is 0 Å². The summed E-state index contributed by atoms with van der Waals surface area (Å²) in [5, 5.41) is 3.17. The summed E-state index contributed by atoms with van der Waals surface area (Å²) in [6.07, 6.45) is 0. The SMILES string of the molecule is Fc1ccc(P(c2ccc(F)cc2)c2ccccc2Br)cc1. The zero-order chi connectivity index (χ0) is 15.5. The van der Waals surface area contributed by atoms with Crippen LogP contribution >= 0.6 is 23.9 Å². The van der Waals surface area contributed by atoms with Crippen LogP contribution in [0.5, 0.6) is 0 Å². The molecule has 0 atom stereocenters. The molecule has 0 bridgehead atoms. The van der Waals surface area contributed by atoms with Gasteiger partial charge in [-0.15, -0.1) is 0 Å². The van der Waals surface area contributed by atoms with Gasteiger partial charge in [0.05, 0.1) is 0 Å². The van der Waals surface area contributed by atoms with E-state index >= 15 is 0 Å². The molecule has 22 heavy (non-hydrogen) atoms. The standard InChI is InChI=1S/C18H12BrF2P/c19-17-3-1-2-4-18(17)22(15-9-5-13(20)6-10-15)16-11-7-14(21)8-12-16/h1-12H. The van der Waals surface area contributed by atoms with Crippen molar-refractivity contribution in [2.24, 2.45) is 0 Å². The first kappa shape index (κ1) is 15.3. The molecule has 0 unspecified atom stereocenters. The molecule has 0 saturated heterocycles. The molecule has 3 aromatic rings. The lowest BCUT2D eigenvalue weighted by atomic mass is 10.3. The van der Waals surface area contributed by atoms with Crippen LogP contribution < -0.4 is 15.9 Å². The van der Waals surface area contributed by atoms with Crippen LogP contribution in [0.4, 0.5) is 8.78 Å². The van der Waals surface area contributed by atoms with Crippen LogP contribution in [-0.4, -0.2) is 0 Å². The van der Waals surface area contributed by atoms with Crippen molar-refractivity contribution in [2.75, 3.05) is 0 Å². The highest BCUT2D eigenvalue weighted by molar-refractivity contribution is 9.10. The molecule has 0 amide bonds. The van der Waals surface area contributed by atoms with Gasteiger partial charge in [0.25, 0.3) is 0 Å². The van der Waals surface area contributed by atoms with Crippen LogP contribution in [-0.2, 0) is 0 Å². The highest BCUT2D eigenvalue weighted by atomic mass is 79.9. The summed E-state index contributed by atoms with van der Waals surface area (Å²) in [5.41, 5.74) is 0. The van der Waals surface area contributed by atoms with Gasteiger partial charge in [0.15, 0.2) is 0 Å². The van der Waals surface area contributed by atoms with Gasteiger partial charge in [0.1, 0.15) is 11.6 Å². The van der Waals surface area contributed by atoms with Crippen molar-refractivity contribution in [1.82, 2.24) is 0 Å². The molecular weight excluding hydrogens is 365 g/mol. The average molecular weight is 377 g/mol. The van der Waals surface area contributed by atoms with Gasteiger partial charge in [-0.1, -0.05) is 58.4 Å². The lowest BCUT2D eigenvalue weighted by Crippen LogP contribution is -2.21. The molecule has 0 nitrogen and oxygen atoms in total. The molecule has 4 heteroatoms. The molecule has 0 fully saturated rings. The van der Waals surface area contributed by atoms with Crippen LogP contribution in [0.2, 0.25) is 0 Å². The molecule has 0 saturated carbocycles. The largest absolute Gasteiger partial charge is 0.207 e. The fourth-order valence-electron chi connectivity index (χ4n) is 2.24.